The number of nitrogens with two attached hydrogens (primary N) is 1. The van der Waals surface area contributed by atoms with Gasteiger partial charge in [0.05, 0.1) is 17.1 Å². The van der Waals surface area contributed by atoms with Crippen molar-refractivity contribution < 1.29 is 9.32 Å². The molecule has 8 heteroatoms. The second kappa shape index (κ2) is 7.48. The van der Waals surface area contributed by atoms with Crippen LogP contribution in [0.2, 0.25) is 0 Å². The summed E-state index contributed by atoms with van der Waals surface area (Å²) in [5.41, 5.74) is 11.1. The van der Waals surface area contributed by atoms with Crippen molar-refractivity contribution in [3.8, 4) is 11.3 Å². The van der Waals surface area contributed by atoms with Crippen LogP contribution in [-0.4, -0.2) is 25.8 Å². The lowest BCUT2D eigenvalue weighted by atomic mass is 10.0. The van der Waals surface area contributed by atoms with Crippen LogP contribution in [0.3, 0.4) is 0 Å². The van der Waals surface area contributed by atoms with E-state index in [4.69, 9.17) is 10.3 Å². The van der Waals surface area contributed by atoms with E-state index >= 15 is 0 Å². The van der Waals surface area contributed by atoms with Crippen LogP contribution in [0.15, 0.2) is 41.1 Å². The summed E-state index contributed by atoms with van der Waals surface area (Å²) in [5, 5.41) is 12.1. The molecule has 4 rings (SSSR count). The molecule has 0 saturated heterocycles. The third kappa shape index (κ3) is 3.38. The molecule has 0 aliphatic rings. The van der Waals surface area contributed by atoms with Gasteiger partial charge in [0.25, 0.3) is 11.6 Å². The average molecular weight is 390 g/mol. The quantitative estimate of drug-likeness (QED) is 0.540. The molecular weight excluding hydrogens is 368 g/mol. The molecule has 4 aromatic rings. The number of nitrogens with one attached hydrogen (secondary N) is 1. The second-order valence-electron chi connectivity index (χ2n) is 6.84. The van der Waals surface area contributed by atoms with Crippen LogP contribution in [-0.2, 0) is 13.1 Å². The Morgan fingerprint density at radius 2 is 2.10 bits per heavy atom. The van der Waals surface area contributed by atoms with Crippen molar-refractivity contribution in [2.45, 2.75) is 33.9 Å². The van der Waals surface area contributed by atoms with Gasteiger partial charge in [-0.25, -0.2) is 4.98 Å². The Labute approximate surface area is 167 Å². The summed E-state index contributed by atoms with van der Waals surface area (Å²) in [5.74, 6) is -0.264. The van der Waals surface area contributed by atoms with E-state index in [2.05, 4.69) is 20.6 Å². The van der Waals surface area contributed by atoms with Gasteiger partial charge in [-0.3, -0.25) is 9.48 Å². The van der Waals surface area contributed by atoms with Gasteiger partial charge in [0, 0.05) is 35.7 Å². The monoisotopic (exact) mass is 390 g/mol. The first-order valence-electron chi connectivity index (χ1n) is 9.42. The topological polar surface area (TPSA) is 112 Å². The largest absolute Gasteiger partial charge is 0.335 e. The molecule has 148 valence electrons. The molecular formula is C21H22N6O2. The SMILES string of the molecule is CCn1ncc(-c2noc3nc(C)cc(C(=O)Nc4cccc(CN)c4)c23)c1C. The molecule has 3 heterocycles. The summed E-state index contributed by atoms with van der Waals surface area (Å²) >= 11 is 0. The van der Waals surface area contributed by atoms with Gasteiger partial charge in [-0.1, -0.05) is 17.3 Å². The van der Waals surface area contributed by atoms with Crippen LogP contribution in [0.25, 0.3) is 22.4 Å². The van der Waals surface area contributed by atoms with E-state index in [1.165, 1.54) is 0 Å². The van der Waals surface area contributed by atoms with E-state index < -0.39 is 0 Å². The molecule has 3 N–H and O–H groups in total. The number of pyridine rings is 1. The lowest BCUT2D eigenvalue weighted by molar-refractivity contribution is 0.102. The molecule has 1 amide bonds. The summed E-state index contributed by atoms with van der Waals surface area (Å²) < 4.78 is 7.34. The highest BCUT2D eigenvalue weighted by atomic mass is 16.5. The predicted octanol–water partition coefficient (Wildman–Crippen LogP) is 3.43. The molecule has 3 aromatic heterocycles. The zero-order valence-corrected chi connectivity index (χ0v) is 16.6. The van der Waals surface area contributed by atoms with E-state index in [1.54, 1.807) is 12.3 Å². The standard InChI is InChI=1S/C21H22N6O2/c1-4-27-13(3)17(11-23-27)19-18-16(8-12(2)24-21(18)29-26-19)20(28)25-15-7-5-6-14(9-15)10-22/h5-9,11H,4,10,22H2,1-3H3,(H,25,28). The number of hydrogen-bond acceptors (Lipinski definition) is 6. The van der Waals surface area contributed by atoms with E-state index in [1.807, 2.05) is 49.7 Å². The number of aromatic nitrogens is 4. The fraction of sp³-hybridized carbons (Fsp3) is 0.238. The first-order chi connectivity index (χ1) is 14.0. The molecule has 29 heavy (non-hydrogen) atoms. The molecule has 0 aliphatic heterocycles. The zero-order valence-electron chi connectivity index (χ0n) is 16.6. The normalized spacial score (nSPS) is 11.2. The molecule has 0 bridgehead atoms. The van der Waals surface area contributed by atoms with Crippen molar-refractivity contribution >= 4 is 22.7 Å². The Morgan fingerprint density at radius 1 is 1.28 bits per heavy atom. The maximum absolute atomic E-state index is 13.1. The first kappa shape index (κ1) is 18.8. The van der Waals surface area contributed by atoms with Crippen LogP contribution < -0.4 is 11.1 Å². The Morgan fingerprint density at radius 3 is 2.83 bits per heavy atom. The summed E-state index contributed by atoms with van der Waals surface area (Å²) in [6.45, 7) is 6.94. The fourth-order valence-electron chi connectivity index (χ4n) is 3.41. The number of hydrogen-bond donors (Lipinski definition) is 2. The molecule has 0 unspecified atom stereocenters. The van der Waals surface area contributed by atoms with Crippen LogP contribution in [0, 0.1) is 13.8 Å². The van der Waals surface area contributed by atoms with Gasteiger partial charge in [0.2, 0.25) is 0 Å². The Hall–Kier alpha value is -3.52. The van der Waals surface area contributed by atoms with Crippen LogP contribution in [0.4, 0.5) is 5.69 Å². The molecule has 0 atom stereocenters. The zero-order chi connectivity index (χ0) is 20.5. The molecule has 0 saturated carbocycles. The van der Waals surface area contributed by atoms with Crippen LogP contribution in [0.1, 0.15) is 34.2 Å². The number of amides is 1. The molecule has 0 spiro atoms. The van der Waals surface area contributed by atoms with E-state index in [-0.39, 0.29) is 5.91 Å². The van der Waals surface area contributed by atoms with E-state index in [9.17, 15) is 4.79 Å². The highest BCUT2D eigenvalue weighted by Gasteiger charge is 2.23. The second-order valence-corrected chi connectivity index (χ2v) is 6.84. The average Bonchev–Trinajstić information content (AvgIpc) is 3.30. The molecule has 8 nitrogen and oxygen atoms in total. The fourth-order valence-corrected chi connectivity index (χ4v) is 3.41. The molecule has 0 fully saturated rings. The Bertz CT molecular complexity index is 1210. The smallest absolute Gasteiger partial charge is 0.259 e. The van der Waals surface area contributed by atoms with Gasteiger partial charge >= 0.3 is 0 Å². The van der Waals surface area contributed by atoms with Gasteiger partial charge in [-0.15, -0.1) is 0 Å². The highest BCUT2D eigenvalue weighted by Crippen LogP contribution is 2.32. The molecule has 1 aromatic carbocycles. The van der Waals surface area contributed by atoms with Gasteiger partial charge in [0.15, 0.2) is 0 Å². The van der Waals surface area contributed by atoms with Crippen LogP contribution >= 0.6 is 0 Å². The highest BCUT2D eigenvalue weighted by molar-refractivity contribution is 6.14. The van der Waals surface area contributed by atoms with Crippen LogP contribution in [0.5, 0.6) is 0 Å². The van der Waals surface area contributed by atoms with Crippen molar-refractivity contribution in [2.24, 2.45) is 5.73 Å². The third-order valence-corrected chi connectivity index (χ3v) is 4.90. The molecule has 0 aliphatic carbocycles. The number of benzene rings is 1. The van der Waals surface area contributed by atoms with Crippen molar-refractivity contribution in [1.29, 1.82) is 0 Å². The lowest BCUT2D eigenvalue weighted by Gasteiger charge is -2.09. The van der Waals surface area contributed by atoms with Crippen molar-refractivity contribution in [3.05, 3.63) is 59.0 Å². The number of aryl methyl sites for hydroxylation is 2. The summed E-state index contributed by atoms with van der Waals surface area (Å²) in [7, 11) is 0. The van der Waals surface area contributed by atoms with Crippen molar-refractivity contribution in [3.63, 3.8) is 0 Å². The van der Waals surface area contributed by atoms with Gasteiger partial charge < -0.3 is 15.6 Å². The Kier molecular flexibility index (Phi) is 4.85. The first-order valence-corrected chi connectivity index (χ1v) is 9.42. The predicted molar refractivity (Wildman–Crippen MR) is 110 cm³/mol. The summed E-state index contributed by atoms with van der Waals surface area (Å²) in [6.07, 6.45) is 1.74. The number of fused-ring (bicyclic) bond motifs is 1. The lowest BCUT2D eigenvalue weighted by Crippen LogP contribution is -2.13. The summed E-state index contributed by atoms with van der Waals surface area (Å²) in [6, 6.07) is 9.19. The minimum atomic E-state index is -0.264. The number of anilines is 1. The van der Waals surface area contributed by atoms with Gasteiger partial charge in [-0.05, 0) is 44.5 Å². The maximum Gasteiger partial charge on any atom is 0.259 e. The minimum absolute atomic E-state index is 0.264. The maximum atomic E-state index is 13.1. The van der Waals surface area contributed by atoms with Gasteiger partial charge in [-0.2, -0.15) is 5.10 Å². The number of carbonyl (C=O) groups excluding carboxylic acids is 1. The molecule has 0 radical (unpaired) electrons. The van der Waals surface area contributed by atoms with Crippen molar-refractivity contribution in [1.82, 2.24) is 19.9 Å². The number of nitrogens with zero attached hydrogens (tertiary/aromatic N) is 4. The number of carbonyl (C=O) groups is 1. The van der Waals surface area contributed by atoms with E-state index in [0.29, 0.717) is 40.3 Å². The number of rotatable bonds is 5. The van der Waals surface area contributed by atoms with E-state index in [0.717, 1.165) is 23.4 Å². The summed E-state index contributed by atoms with van der Waals surface area (Å²) in [4.78, 5) is 17.6. The van der Waals surface area contributed by atoms with Gasteiger partial charge in [0.1, 0.15) is 5.69 Å². The Balaban J connectivity index is 1.82. The minimum Gasteiger partial charge on any atom is -0.335 e. The third-order valence-electron chi connectivity index (χ3n) is 4.90. The van der Waals surface area contributed by atoms with Crippen molar-refractivity contribution in [2.75, 3.05) is 5.32 Å².